The molecule has 0 radical (unpaired) electrons. The predicted molar refractivity (Wildman–Crippen MR) is 132 cm³/mol. The van der Waals surface area contributed by atoms with Gasteiger partial charge in [0.25, 0.3) is 5.91 Å². The summed E-state index contributed by atoms with van der Waals surface area (Å²) in [5.74, 6) is 6.74. The van der Waals surface area contributed by atoms with Crippen molar-refractivity contribution >= 4 is 22.9 Å². The van der Waals surface area contributed by atoms with Gasteiger partial charge in [0.2, 0.25) is 0 Å². The fourth-order valence-electron chi connectivity index (χ4n) is 4.40. The van der Waals surface area contributed by atoms with E-state index in [9.17, 15) is 9.59 Å². The molecule has 3 heterocycles. The Bertz CT molecular complexity index is 1500. The first-order valence-corrected chi connectivity index (χ1v) is 11.3. The molecule has 1 amide bonds. The lowest BCUT2D eigenvalue weighted by Gasteiger charge is -2.13. The Kier molecular flexibility index (Phi) is 5.94. The average molecular weight is 469 g/mol. The van der Waals surface area contributed by atoms with Gasteiger partial charge in [0.15, 0.2) is 11.5 Å². The Labute approximate surface area is 201 Å². The number of fused-ring (bicyclic) bond motifs is 1. The minimum atomic E-state index is -0.262. The van der Waals surface area contributed by atoms with Crippen LogP contribution in [0.3, 0.4) is 0 Å². The number of hydrogen-bond acceptors (Lipinski definition) is 6. The summed E-state index contributed by atoms with van der Waals surface area (Å²) in [7, 11) is 0. The summed E-state index contributed by atoms with van der Waals surface area (Å²) in [5.41, 5.74) is 7.48. The number of para-hydroxylation sites is 1. The molecule has 35 heavy (non-hydrogen) atoms. The van der Waals surface area contributed by atoms with E-state index in [1.807, 2.05) is 30.3 Å². The number of carbonyl (C=O) groups is 1. The Hall–Kier alpha value is -4.58. The van der Waals surface area contributed by atoms with Gasteiger partial charge in [-0.1, -0.05) is 24.1 Å². The van der Waals surface area contributed by atoms with Crippen molar-refractivity contribution in [3.05, 3.63) is 71.4 Å². The van der Waals surface area contributed by atoms with Gasteiger partial charge in [-0.05, 0) is 61.6 Å². The smallest absolute Gasteiger partial charge is 0.335 e. The summed E-state index contributed by atoms with van der Waals surface area (Å²) in [6, 6.07) is 16.7. The molecule has 9 heteroatoms. The van der Waals surface area contributed by atoms with E-state index in [-0.39, 0.29) is 23.3 Å². The third-order valence-electron chi connectivity index (χ3n) is 6.05. The summed E-state index contributed by atoms with van der Waals surface area (Å²) in [6.45, 7) is 3.21. The number of likely N-dealkylation sites (tertiary alicyclic amines) is 1. The number of anilines is 1. The molecule has 2 aromatic carbocycles. The summed E-state index contributed by atoms with van der Waals surface area (Å²) in [4.78, 5) is 35.9. The van der Waals surface area contributed by atoms with Gasteiger partial charge in [0.05, 0.1) is 5.69 Å². The van der Waals surface area contributed by atoms with E-state index in [1.165, 1.54) is 10.9 Å². The number of nitrogens with zero attached hydrogens (tertiary/aromatic N) is 5. The van der Waals surface area contributed by atoms with Crippen LogP contribution in [0.15, 0.2) is 65.7 Å². The van der Waals surface area contributed by atoms with E-state index in [0.29, 0.717) is 42.2 Å². The van der Waals surface area contributed by atoms with Crippen molar-refractivity contribution in [1.82, 2.24) is 24.0 Å². The molecule has 0 unspecified atom stereocenters. The number of aromatic nitrogens is 4. The maximum absolute atomic E-state index is 13.6. The molecule has 5 rings (SSSR count). The monoisotopic (exact) mass is 468 g/mol. The van der Waals surface area contributed by atoms with Gasteiger partial charge in [-0.3, -0.25) is 13.9 Å². The van der Waals surface area contributed by atoms with Crippen LogP contribution in [0.4, 0.5) is 5.82 Å². The molecule has 1 atom stereocenters. The fourth-order valence-corrected chi connectivity index (χ4v) is 4.40. The zero-order chi connectivity index (χ0) is 24.4. The van der Waals surface area contributed by atoms with Crippen molar-refractivity contribution in [3.63, 3.8) is 0 Å². The van der Waals surface area contributed by atoms with E-state index in [1.54, 1.807) is 40.7 Å². The zero-order valence-electron chi connectivity index (χ0n) is 19.2. The second kappa shape index (κ2) is 9.35. The SMILES string of the molecule is CC#CC(=O)N1CC[C@@H](Cn2c(=O)n(-c3ccc(Oc4ccccc4)cc3)c3c(N)ncnc32)C1. The normalized spacial score (nSPS) is 15.1. The fraction of sp³-hybridized carbons (Fsp3) is 0.231. The van der Waals surface area contributed by atoms with Crippen LogP contribution in [0.5, 0.6) is 11.5 Å². The number of amides is 1. The van der Waals surface area contributed by atoms with E-state index in [2.05, 4.69) is 21.8 Å². The van der Waals surface area contributed by atoms with Gasteiger partial charge in [-0.25, -0.2) is 14.8 Å². The molecule has 0 spiro atoms. The standard InChI is InChI=1S/C26H24N6O3/c1-2-6-22(33)30-14-13-18(15-30)16-31-25-23(24(27)28-17-29-25)32(26(31)34)19-9-11-21(12-10-19)35-20-7-4-3-5-8-20/h3-5,7-12,17-18H,13-16H2,1H3,(H2,27,28,29)/t18-/m1/s1. The van der Waals surface area contributed by atoms with Gasteiger partial charge in [-0.15, -0.1) is 0 Å². The van der Waals surface area contributed by atoms with Gasteiger partial charge in [-0.2, -0.15) is 0 Å². The predicted octanol–water partition coefficient (Wildman–Crippen LogP) is 2.83. The highest BCUT2D eigenvalue weighted by Crippen LogP contribution is 2.26. The van der Waals surface area contributed by atoms with Crippen LogP contribution in [0.25, 0.3) is 16.9 Å². The molecule has 2 N–H and O–H groups in total. The Balaban J connectivity index is 1.47. The number of nitrogen functional groups attached to an aromatic ring is 1. The number of benzene rings is 2. The molecule has 1 aliphatic heterocycles. The van der Waals surface area contributed by atoms with Gasteiger partial charge in [0, 0.05) is 19.6 Å². The largest absolute Gasteiger partial charge is 0.457 e. The molecule has 1 fully saturated rings. The lowest BCUT2D eigenvalue weighted by molar-refractivity contribution is -0.124. The molecule has 1 saturated heterocycles. The van der Waals surface area contributed by atoms with Crippen molar-refractivity contribution in [2.75, 3.05) is 18.8 Å². The highest BCUT2D eigenvalue weighted by atomic mass is 16.5. The van der Waals surface area contributed by atoms with Crippen LogP contribution in [0.2, 0.25) is 0 Å². The number of carbonyl (C=O) groups excluding carboxylic acids is 1. The molecule has 0 saturated carbocycles. The molecule has 0 bridgehead atoms. The Morgan fingerprint density at radius 2 is 1.86 bits per heavy atom. The second-order valence-corrected chi connectivity index (χ2v) is 8.35. The number of nitrogens with two attached hydrogens (primary N) is 1. The first kappa shape index (κ1) is 22.2. The molecule has 176 valence electrons. The lowest BCUT2D eigenvalue weighted by atomic mass is 10.1. The number of hydrogen-bond donors (Lipinski definition) is 1. The van der Waals surface area contributed by atoms with Gasteiger partial charge >= 0.3 is 5.69 Å². The first-order valence-electron chi connectivity index (χ1n) is 11.3. The van der Waals surface area contributed by atoms with Gasteiger partial charge < -0.3 is 15.4 Å². The number of ether oxygens (including phenoxy) is 1. The molecule has 1 aliphatic rings. The highest BCUT2D eigenvalue weighted by Gasteiger charge is 2.28. The van der Waals surface area contributed by atoms with Crippen molar-refractivity contribution in [2.45, 2.75) is 19.9 Å². The van der Waals surface area contributed by atoms with Gasteiger partial charge in [0.1, 0.15) is 23.3 Å². The molecular weight excluding hydrogens is 444 g/mol. The minimum absolute atomic E-state index is 0.104. The molecule has 9 nitrogen and oxygen atoms in total. The molecule has 4 aromatic rings. The molecule has 2 aromatic heterocycles. The van der Waals surface area contributed by atoms with E-state index < -0.39 is 0 Å². The topological polar surface area (TPSA) is 108 Å². The van der Waals surface area contributed by atoms with Crippen molar-refractivity contribution in [1.29, 1.82) is 0 Å². The van der Waals surface area contributed by atoms with Crippen LogP contribution < -0.4 is 16.2 Å². The van der Waals surface area contributed by atoms with Crippen LogP contribution in [-0.4, -0.2) is 43.0 Å². The minimum Gasteiger partial charge on any atom is -0.457 e. The zero-order valence-corrected chi connectivity index (χ0v) is 19.2. The van der Waals surface area contributed by atoms with E-state index >= 15 is 0 Å². The highest BCUT2D eigenvalue weighted by molar-refractivity contribution is 5.93. The third-order valence-corrected chi connectivity index (χ3v) is 6.05. The molecule has 0 aliphatic carbocycles. The maximum atomic E-state index is 13.6. The van der Waals surface area contributed by atoms with Crippen molar-refractivity contribution < 1.29 is 9.53 Å². The summed E-state index contributed by atoms with van der Waals surface area (Å²) in [6.07, 6.45) is 2.14. The van der Waals surface area contributed by atoms with Crippen LogP contribution >= 0.6 is 0 Å². The quantitative estimate of drug-likeness (QED) is 0.451. The van der Waals surface area contributed by atoms with Crippen LogP contribution in [0.1, 0.15) is 13.3 Å². The number of imidazole rings is 1. The van der Waals surface area contributed by atoms with Crippen LogP contribution in [0, 0.1) is 17.8 Å². The van der Waals surface area contributed by atoms with Crippen molar-refractivity contribution in [3.8, 4) is 29.0 Å². The second-order valence-electron chi connectivity index (χ2n) is 8.35. The summed E-state index contributed by atoms with van der Waals surface area (Å²) < 4.78 is 9.01. The number of rotatable bonds is 5. The van der Waals surface area contributed by atoms with Crippen molar-refractivity contribution in [2.24, 2.45) is 5.92 Å². The summed E-state index contributed by atoms with van der Waals surface area (Å²) >= 11 is 0. The third kappa shape index (κ3) is 4.34. The summed E-state index contributed by atoms with van der Waals surface area (Å²) in [5, 5.41) is 0. The first-order chi connectivity index (χ1) is 17.0. The Morgan fingerprint density at radius 1 is 1.11 bits per heavy atom. The Morgan fingerprint density at radius 3 is 2.60 bits per heavy atom. The van der Waals surface area contributed by atoms with E-state index in [0.717, 1.165) is 12.2 Å². The van der Waals surface area contributed by atoms with E-state index in [4.69, 9.17) is 10.5 Å². The van der Waals surface area contributed by atoms with Crippen LogP contribution in [-0.2, 0) is 11.3 Å². The average Bonchev–Trinajstić information content (AvgIpc) is 3.45. The lowest BCUT2D eigenvalue weighted by Crippen LogP contribution is -2.30. The maximum Gasteiger partial charge on any atom is 0.335 e. The molecular formula is C26H24N6O3.